The van der Waals surface area contributed by atoms with Crippen molar-refractivity contribution in [1.29, 1.82) is 0 Å². The maximum absolute atomic E-state index is 13.7. The molecule has 0 spiro atoms. The lowest BCUT2D eigenvalue weighted by Crippen LogP contribution is -2.52. The van der Waals surface area contributed by atoms with Crippen LogP contribution in [0, 0.1) is 11.8 Å². The molecule has 2 fully saturated rings. The normalized spacial score (nSPS) is 20.8. The highest BCUT2D eigenvalue weighted by Crippen LogP contribution is 2.38. The molecule has 2 aromatic heterocycles. The van der Waals surface area contributed by atoms with Gasteiger partial charge in [-0.1, -0.05) is 76.2 Å². The molecule has 55 heavy (non-hydrogen) atoms. The Bertz CT molecular complexity index is 1990. The third-order valence-corrected chi connectivity index (χ3v) is 10.9. The molecule has 4 heterocycles. The molecule has 0 bridgehead atoms. The van der Waals surface area contributed by atoms with Crippen LogP contribution in [0.1, 0.15) is 91.0 Å². The molecule has 2 saturated heterocycles. The van der Waals surface area contributed by atoms with Gasteiger partial charge in [-0.3, -0.25) is 9.59 Å². The number of rotatable bonds is 11. The molecule has 14 heteroatoms. The van der Waals surface area contributed by atoms with Crippen molar-refractivity contribution in [3.63, 3.8) is 0 Å². The Balaban J connectivity index is 1.13. The van der Waals surface area contributed by atoms with Crippen LogP contribution in [0.2, 0.25) is 0 Å². The van der Waals surface area contributed by atoms with Crippen molar-refractivity contribution in [3.8, 4) is 33.6 Å². The lowest BCUT2D eigenvalue weighted by molar-refractivity contribution is -0.145. The van der Waals surface area contributed by atoms with E-state index in [9.17, 15) is 19.2 Å². The van der Waals surface area contributed by atoms with Gasteiger partial charge in [0.25, 0.3) is 5.91 Å². The average Bonchev–Trinajstić information content (AvgIpc) is 3.99. The number of H-pyrrole nitrogens is 2. The Morgan fingerprint density at radius 1 is 0.709 bits per heavy atom. The number of imidazole rings is 2. The van der Waals surface area contributed by atoms with Crippen molar-refractivity contribution >= 4 is 24.0 Å². The summed E-state index contributed by atoms with van der Waals surface area (Å²) in [6.45, 7) is 11.5. The van der Waals surface area contributed by atoms with Gasteiger partial charge in [0, 0.05) is 12.1 Å². The number of nitrogens with zero attached hydrogens (tertiary/aromatic N) is 4. The van der Waals surface area contributed by atoms with Gasteiger partial charge in [-0.2, -0.15) is 0 Å². The van der Waals surface area contributed by atoms with Crippen molar-refractivity contribution in [2.75, 3.05) is 7.11 Å². The molecule has 4 amide bonds. The van der Waals surface area contributed by atoms with Crippen LogP contribution < -0.4 is 11.1 Å². The van der Waals surface area contributed by atoms with Gasteiger partial charge < -0.3 is 40.3 Å². The molecular weight excluding hydrogens is 701 g/mol. The first-order valence-electron chi connectivity index (χ1n) is 19.0. The summed E-state index contributed by atoms with van der Waals surface area (Å²) in [5.74, 6) is 0.645. The summed E-state index contributed by atoms with van der Waals surface area (Å²) >= 11 is 0. The molecule has 2 aliphatic rings. The molecule has 14 nitrogen and oxygen atoms in total. The van der Waals surface area contributed by atoms with Crippen molar-refractivity contribution in [3.05, 3.63) is 72.6 Å². The highest BCUT2D eigenvalue weighted by atomic mass is 16.6. The Morgan fingerprint density at radius 3 is 1.55 bits per heavy atom. The third kappa shape index (κ3) is 8.23. The monoisotopic (exact) mass is 752 g/mol. The number of aromatic amines is 2. The summed E-state index contributed by atoms with van der Waals surface area (Å²) in [6.07, 6.45) is 4.17. The van der Waals surface area contributed by atoms with Crippen molar-refractivity contribution in [2.24, 2.45) is 17.6 Å². The zero-order valence-electron chi connectivity index (χ0n) is 32.5. The minimum atomic E-state index is -0.965. The van der Waals surface area contributed by atoms with Crippen LogP contribution in [0.4, 0.5) is 9.59 Å². The maximum Gasteiger partial charge on any atom is 0.407 e. The first-order chi connectivity index (χ1) is 26.3. The Morgan fingerprint density at radius 2 is 1.15 bits per heavy atom. The average molecular weight is 753 g/mol. The van der Waals surface area contributed by atoms with Gasteiger partial charge in [0.2, 0.25) is 5.91 Å². The number of carbonyl (C=O) groups excluding carboxylic acids is 4. The summed E-state index contributed by atoms with van der Waals surface area (Å²) in [5, 5.41) is 2.71. The number of nitrogens with two attached hydrogens (primary N) is 1. The molecule has 0 aliphatic carbocycles. The van der Waals surface area contributed by atoms with E-state index in [1.54, 1.807) is 17.3 Å². The number of primary amides is 1. The lowest BCUT2D eigenvalue weighted by Gasteiger charge is -2.32. The number of carbonyl (C=O) groups is 4. The number of likely N-dealkylation sites (tertiary alicyclic amines) is 2. The van der Waals surface area contributed by atoms with E-state index >= 15 is 0 Å². The van der Waals surface area contributed by atoms with Crippen LogP contribution >= 0.6 is 0 Å². The number of methoxy groups -OCH3 is 1. The Hall–Kier alpha value is -5.66. The highest BCUT2D eigenvalue weighted by molar-refractivity contribution is 5.87. The molecule has 4 aromatic rings. The minimum absolute atomic E-state index is 0.00119. The maximum atomic E-state index is 13.7. The fourth-order valence-corrected chi connectivity index (χ4v) is 7.84. The smallest absolute Gasteiger partial charge is 0.407 e. The topological polar surface area (TPSA) is 189 Å². The summed E-state index contributed by atoms with van der Waals surface area (Å²) in [5.41, 5.74) is 11.0. The zero-order valence-corrected chi connectivity index (χ0v) is 32.5. The van der Waals surface area contributed by atoms with E-state index in [4.69, 9.17) is 20.2 Å². The zero-order chi connectivity index (χ0) is 39.6. The number of benzene rings is 2. The summed E-state index contributed by atoms with van der Waals surface area (Å²) in [7, 11) is 1.29. The van der Waals surface area contributed by atoms with E-state index < -0.39 is 24.3 Å². The first-order valence-corrected chi connectivity index (χ1v) is 19.0. The van der Waals surface area contributed by atoms with Crippen LogP contribution in [0.25, 0.3) is 33.6 Å². The third-order valence-electron chi connectivity index (χ3n) is 10.9. The van der Waals surface area contributed by atoms with Gasteiger partial charge in [-0.05, 0) is 73.6 Å². The second-order valence-electron chi connectivity index (χ2n) is 15.4. The quantitative estimate of drug-likeness (QED) is 0.130. The largest absolute Gasteiger partial charge is 0.453 e. The number of hydrogen-bond acceptors (Lipinski definition) is 8. The first kappa shape index (κ1) is 39.0. The molecular formula is C41H52N8O6. The predicted octanol–water partition coefficient (Wildman–Crippen LogP) is 6.74. The lowest BCUT2D eigenvalue weighted by atomic mass is 10.0. The van der Waals surface area contributed by atoms with Gasteiger partial charge in [-0.15, -0.1) is 0 Å². The fourth-order valence-electron chi connectivity index (χ4n) is 7.84. The highest BCUT2D eigenvalue weighted by Gasteiger charge is 2.43. The van der Waals surface area contributed by atoms with E-state index in [0.717, 1.165) is 59.3 Å². The molecule has 0 radical (unpaired) electrons. The Labute approximate surface area is 321 Å². The van der Waals surface area contributed by atoms with Gasteiger partial charge in [0.1, 0.15) is 17.7 Å². The van der Waals surface area contributed by atoms with Crippen LogP contribution in [0.3, 0.4) is 0 Å². The molecule has 6 atom stereocenters. The molecule has 0 saturated carbocycles. The molecule has 2 aliphatic heterocycles. The van der Waals surface area contributed by atoms with Crippen LogP contribution in [0.5, 0.6) is 0 Å². The summed E-state index contributed by atoms with van der Waals surface area (Å²) in [4.78, 5) is 70.7. The summed E-state index contributed by atoms with van der Waals surface area (Å²) in [6, 6.07) is 15.2. The second-order valence-corrected chi connectivity index (χ2v) is 15.4. The van der Waals surface area contributed by atoms with Gasteiger partial charge in [0.15, 0.2) is 6.10 Å². The second kappa shape index (κ2) is 16.4. The van der Waals surface area contributed by atoms with Crippen LogP contribution in [-0.2, 0) is 19.1 Å². The Kier molecular flexibility index (Phi) is 11.6. The van der Waals surface area contributed by atoms with E-state index in [0.29, 0.717) is 11.6 Å². The summed E-state index contributed by atoms with van der Waals surface area (Å²) < 4.78 is 9.99. The number of alkyl carbamates (subject to hydrolysis) is 1. The van der Waals surface area contributed by atoms with E-state index in [2.05, 4.69) is 44.5 Å². The van der Waals surface area contributed by atoms with Crippen molar-refractivity contribution in [1.82, 2.24) is 35.1 Å². The molecule has 292 valence electrons. The van der Waals surface area contributed by atoms with Crippen molar-refractivity contribution in [2.45, 2.75) is 104 Å². The fraction of sp³-hybridized carbons (Fsp3) is 0.463. The molecule has 6 rings (SSSR count). The standard InChI is InChI=1S/C41H52N8O6/c1-22(2)34(47-41(53)54-7)38(50)48-24(5)8-18-32(48)36-43-20-30(45-36)28-14-10-26(11-15-28)27-12-16-29(17-13-27)31-21-44-37(46-31)33-19-9-25(6)49(33)39(51)35(23(3)4)55-40(42)52/h10-17,20-25,32-35H,8-9,18-19H2,1-7H3,(H2,42,52)(H,43,45)(H,44,46)(H,47,53)/t24-,25-,32-,33-,34+,35+/m0/s1. The number of nitrogens with one attached hydrogen (secondary N) is 3. The SMILES string of the molecule is COC(=O)N[C@@H](C(=O)N1[C@@H](C)CC[C@H]1c1ncc(-c2ccc(-c3ccc(-c4cnc([C@@H]5CC[C@H](C)N5C(=O)[C@H](OC(N)=O)C(C)C)[nH]4)cc3)cc2)[nH]1)C(C)C. The van der Waals surface area contributed by atoms with Gasteiger partial charge in [-0.25, -0.2) is 19.6 Å². The van der Waals surface area contributed by atoms with Gasteiger partial charge in [0.05, 0.1) is 43.0 Å². The number of amides is 4. The van der Waals surface area contributed by atoms with E-state index in [-0.39, 0.29) is 47.8 Å². The predicted molar refractivity (Wildman–Crippen MR) is 207 cm³/mol. The number of hydrogen-bond donors (Lipinski definition) is 4. The number of aromatic nitrogens is 4. The number of ether oxygens (including phenoxy) is 2. The van der Waals surface area contributed by atoms with Crippen LogP contribution in [-0.4, -0.2) is 85.1 Å². The molecule has 5 N–H and O–H groups in total. The molecule has 0 unspecified atom stereocenters. The van der Waals surface area contributed by atoms with Crippen LogP contribution in [0.15, 0.2) is 60.9 Å². The van der Waals surface area contributed by atoms with E-state index in [1.165, 1.54) is 7.11 Å². The van der Waals surface area contributed by atoms with Gasteiger partial charge >= 0.3 is 12.2 Å². The minimum Gasteiger partial charge on any atom is -0.453 e. The molecule has 2 aromatic carbocycles. The van der Waals surface area contributed by atoms with Crippen molar-refractivity contribution < 1.29 is 28.7 Å². The van der Waals surface area contributed by atoms with E-state index in [1.807, 2.05) is 70.7 Å².